The SMILES string of the molecule is C[C@@H](C(=O)N1C=CN(C)CCC1)N1CC[C@H](N(CC(N)=O)S(=O)(=O)c2ccc3cc(Cl)ccc3c2)C1=O. The van der Waals surface area contributed by atoms with Crippen molar-refractivity contribution < 1.29 is 22.8 Å². The topological polar surface area (TPSA) is 124 Å². The monoisotopic (exact) mass is 547 g/mol. The number of primary amides is 1. The maximum absolute atomic E-state index is 13.7. The molecule has 0 aromatic heterocycles. The maximum Gasteiger partial charge on any atom is 0.249 e. The molecule has 12 heteroatoms. The van der Waals surface area contributed by atoms with E-state index >= 15 is 0 Å². The lowest BCUT2D eigenvalue weighted by molar-refractivity contribution is -0.142. The molecule has 2 aliphatic heterocycles. The van der Waals surface area contributed by atoms with Crippen LogP contribution in [0.5, 0.6) is 0 Å². The molecule has 1 fully saturated rings. The van der Waals surface area contributed by atoms with Crippen molar-refractivity contribution in [2.45, 2.75) is 36.7 Å². The summed E-state index contributed by atoms with van der Waals surface area (Å²) >= 11 is 6.03. The average molecular weight is 548 g/mol. The van der Waals surface area contributed by atoms with Gasteiger partial charge in [0.2, 0.25) is 27.7 Å². The minimum Gasteiger partial charge on any atom is -0.379 e. The summed E-state index contributed by atoms with van der Waals surface area (Å²) in [5.74, 6) is -1.67. The predicted molar refractivity (Wildman–Crippen MR) is 140 cm³/mol. The van der Waals surface area contributed by atoms with Crippen LogP contribution in [0.15, 0.2) is 53.7 Å². The molecule has 2 aromatic carbocycles. The highest BCUT2D eigenvalue weighted by molar-refractivity contribution is 7.89. The lowest BCUT2D eigenvalue weighted by atomic mass is 10.1. The van der Waals surface area contributed by atoms with Crippen LogP contribution in [-0.4, -0.2) is 90.5 Å². The summed E-state index contributed by atoms with van der Waals surface area (Å²) in [6.45, 7) is 2.47. The molecule has 2 aliphatic rings. The van der Waals surface area contributed by atoms with Gasteiger partial charge >= 0.3 is 0 Å². The van der Waals surface area contributed by atoms with Gasteiger partial charge in [0.25, 0.3) is 0 Å². The summed E-state index contributed by atoms with van der Waals surface area (Å²) in [5.41, 5.74) is 5.40. The van der Waals surface area contributed by atoms with E-state index in [9.17, 15) is 22.8 Å². The van der Waals surface area contributed by atoms with Crippen molar-refractivity contribution in [1.82, 2.24) is 19.0 Å². The molecule has 2 aromatic rings. The van der Waals surface area contributed by atoms with Crippen LogP contribution in [0, 0.1) is 0 Å². The van der Waals surface area contributed by atoms with Gasteiger partial charge in [0, 0.05) is 44.1 Å². The van der Waals surface area contributed by atoms with Crippen molar-refractivity contribution in [3.8, 4) is 0 Å². The fourth-order valence-electron chi connectivity index (χ4n) is 4.74. The third-order valence-corrected chi connectivity index (χ3v) is 8.86. The first kappa shape index (κ1) is 26.9. The van der Waals surface area contributed by atoms with Gasteiger partial charge in [-0.25, -0.2) is 8.42 Å². The largest absolute Gasteiger partial charge is 0.379 e. The quantitative estimate of drug-likeness (QED) is 0.561. The summed E-state index contributed by atoms with van der Waals surface area (Å²) in [4.78, 5) is 43.4. The van der Waals surface area contributed by atoms with Crippen molar-refractivity contribution in [3.05, 3.63) is 53.8 Å². The van der Waals surface area contributed by atoms with E-state index < -0.39 is 40.5 Å². The van der Waals surface area contributed by atoms with Gasteiger partial charge in [-0.3, -0.25) is 14.4 Å². The molecule has 2 N–H and O–H groups in total. The fraction of sp³-hybridized carbons (Fsp3) is 0.400. The molecule has 10 nitrogen and oxygen atoms in total. The Bertz CT molecular complexity index is 1360. The zero-order chi connectivity index (χ0) is 26.9. The molecular weight excluding hydrogens is 518 g/mol. The second-order valence-corrected chi connectivity index (χ2v) is 11.7. The number of likely N-dealkylation sites (tertiary alicyclic amines) is 1. The molecule has 3 amide bonds. The van der Waals surface area contributed by atoms with Crippen LogP contribution in [0.1, 0.15) is 19.8 Å². The minimum absolute atomic E-state index is 0.0715. The number of amides is 3. The molecule has 1 saturated heterocycles. The molecular formula is C25H30ClN5O5S. The third kappa shape index (κ3) is 5.58. The Hall–Kier alpha value is -3.15. The number of benzene rings is 2. The van der Waals surface area contributed by atoms with E-state index in [0.717, 1.165) is 22.7 Å². The normalized spacial score (nSPS) is 19.5. The lowest BCUT2D eigenvalue weighted by Gasteiger charge is -2.30. The highest BCUT2D eigenvalue weighted by atomic mass is 35.5. The Balaban J connectivity index is 1.59. The third-order valence-electron chi connectivity index (χ3n) is 6.77. The number of rotatable bonds is 7. The molecule has 0 bridgehead atoms. The Kier molecular flexibility index (Phi) is 7.77. The number of halogens is 1. The zero-order valence-electron chi connectivity index (χ0n) is 20.7. The molecule has 0 aliphatic carbocycles. The Morgan fingerprint density at radius 3 is 2.54 bits per heavy atom. The van der Waals surface area contributed by atoms with Gasteiger partial charge in [-0.15, -0.1) is 0 Å². The van der Waals surface area contributed by atoms with Gasteiger partial charge < -0.3 is 20.4 Å². The van der Waals surface area contributed by atoms with E-state index in [1.165, 1.54) is 17.0 Å². The molecule has 4 rings (SSSR count). The number of carbonyl (C=O) groups excluding carboxylic acids is 3. The van der Waals surface area contributed by atoms with Crippen LogP contribution in [0.4, 0.5) is 0 Å². The van der Waals surface area contributed by atoms with E-state index in [1.807, 2.05) is 18.1 Å². The van der Waals surface area contributed by atoms with Gasteiger partial charge in [0.05, 0.1) is 11.4 Å². The molecule has 2 heterocycles. The van der Waals surface area contributed by atoms with Gasteiger partial charge in [0.15, 0.2) is 0 Å². The molecule has 0 saturated carbocycles. The summed E-state index contributed by atoms with van der Waals surface area (Å²) in [7, 11) is -2.36. The molecule has 198 valence electrons. The van der Waals surface area contributed by atoms with Crippen LogP contribution in [0.2, 0.25) is 5.02 Å². The highest BCUT2D eigenvalue weighted by Crippen LogP contribution is 2.29. The number of fused-ring (bicyclic) bond motifs is 1. The first-order valence-electron chi connectivity index (χ1n) is 12.0. The fourth-order valence-corrected chi connectivity index (χ4v) is 6.53. The van der Waals surface area contributed by atoms with Crippen LogP contribution < -0.4 is 5.73 Å². The zero-order valence-corrected chi connectivity index (χ0v) is 22.3. The Morgan fingerprint density at radius 2 is 1.81 bits per heavy atom. The maximum atomic E-state index is 13.7. The van der Waals surface area contributed by atoms with Crippen molar-refractivity contribution in [1.29, 1.82) is 0 Å². The summed E-state index contributed by atoms with van der Waals surface area (Å²) in [6, 6.07) is 7.60. The van der Waals surface area contributed by atoms with E-state index in [1.54, 1.807) is 42.3 Å². The van der Waals surface area contributed by atoms with Gasteiger partial charge in [-0.05, 0) is 54.8 Å². The van der Waals surface area contributed by atoms with E-state index in [-0.39, 0.29) is 23.8 Å². The number of hydrogen-bond donors (Lipinski definition) is 1. The van der Waals surface area contributed by atoms with Gasteiger partial charge in [-0.1, -0.05) is 23.7 Å². The smallest absolute Gasteiger partial charge is 0.249 e. The average Bonchev–Trinajstić information content (AvgIpc) is 3.09. The van der Waals surface area contributed by atoms with E-state index in [2.05, 4.69) is 0 Å². The molecule has 37 heavy (non-hydrogen) atoms. The lowest BCUT2D eigenvalue weighted by Crippen LogP contribution is -2.52. The summed E-state index contributed by atoms with van der Waals surface area (Å²) < 4.78 is 28.2. The van der Waals surface area contributed by atoms with Gasteiger partial charge in [-0.2, -0.15) is 4.31 Å². The minimum atomic E-state index is -4.27. The van der Waals surface area contributed by atoms with Crippen molar-refractivity contribution in [2.75, 3.05) is 33.2 Å². The Labute approximate surface area is 221 Å². The number of carbonyl (C=O) groups is 3. The number of nitrogens with zero attached hydrogens (tertiary/aromatic N) is 4. The van der Waals surface area contributed by atoms with Gasteiger partial charge in [0.1, 0.15) is 12.1 Å². The molecule has 0 radical (unpaired) electrons. The van der Waals surface area contributed by atoms with E-state index in [0.29, 0.717) is 17.0 Å². The van der Waals surface area contributed by atoms with Crippen molar-refractivity contribution in [3.63, 3.8) is 0 Å². The summed E-state index contributed by atoms with van der Waals surface area (Å²) in [6.07, 6.45) is 4.41. The summed E-state index contributed by atoms with van der Waals surface area (Å²) in [5, 5.41) is 1.90. The highest BCUT2D eigenvalue weighted by Gasteiger charge is 2.45. The second-order valence-electron chi connectivity index (χ2n) is 9.35. The van der Waals surface area contributed by atoms with Crippen LogP contribution in [-0.2, 0) is 24.4 Å². The number of nitrogens with two attached hydrogens (primary N) is 1. The predicted octanol–water partition coefficient (Wildman–Crippen LogP) is 1.59. The molecule has 0 unspecified atom stereocenters. The molecule has 2 atom stereocenters. The first-order chi connectivity index (χ1) is 17.5. The number of hydrogen-bond acceptors (Lipinski definition) is 6. The number of sulfonamides is 1. The molecule has 0 spiro atoms. The van der Waals surface area contributed by atoms with Crippen LogP contribution in [0.25, 0.3) is 10.8 Å². The second kappa shape index (κ2) is 10.7. The van der Waals surface area contributed by atoms with Crippen LogP contribution in [0.3, 0.4) is 0 Å². The van der Waals surface area contributed by atoms with Crippen LogP contribution >= 0.6 is 11.6 Å². The standard InChI is InChI=1S/C25H30ClN5O5S/c1-17(24(33)29-10-3-9-28(2)12-13-29)30-11-8-22(25(30)34)31(16-23(27)32)37(35,36)21-7-5-18-14-20(26)6-4-19(18)15-21/h4-7,12-15,17,22H,3,8-11,16H2,1-2H3,(H2,27,32)/t17-,22-/m0/s1. The van der Waals surface area contributed by atoms with E-state index in [4.69, 9.17) is 17.3 Å². The Morgan fingerprint density at radius 1 is 1.11 bits per heavy atom. The first-order valence-corrected chi connectivity index (χ1v) is 13.8. The van der Waals surface area contributed by atoms with Crippen molar-refractivity contribution in [2.24, 2.45) is 5.73 Å². The van der Waals surface area contributed by atoms with Crippen molar-refractivity contribution >= 4 is 50.1 Å².